The average Bonchev–Trinajstić information content (AvgIpc) is 2.52. The molecule has 134 valence electrons. The van der Waals surface area contributed by atoms with E-state index in [9.17, 15) is 30.0 Å². The molecule has 1 aliphatic heterocycles. The van der Waals surface area contributed by atoms with Gasteiger partial charge in [0.15, 0.2) is 0 Å². The Morgan fingerprint density at radius 2 is 1.74 bits per heavy atom. The number of ether oxygens (including phenoxy) is 3. The Balaban J connectivity index is 2.61. The number of hydrogen-bond acceptors (Lipinski definition) is 9. The van der Waals surface area contributed by atoms with Gasteiger partial charge in [-0.15, -0.1) is 0 Å². The number of esters is 2. The minimum Gasteiger partial charge on any atom is -0.465 e. The lowest BCUT2D eigenvalue weighted by Gasteiger charge is -2.39. The number of aliphatic hydroxyl groups is 4. The summed E-state index contributed by atoms with van der Waals surface area (Å²) in [5, 5.41) is 38.4. The molecule has 1 aliphatic rings. The molecular weight excluding hydrogens is 312 g/mol. The van der Waals surface area contributed by atoms with E-state index in [4.69, 9.17) is 14.2 Å². The third-order valence-electron chi connectivity index (χ3n) is 3.77. The predicted octanol–water partition coefficient (Wildman–Crippen LogP) is -2.04. The van der Waals surface area contributed by atoms with Crippen LogP contribution in [0.3, 0.4) is 0 Å². The Hall–Kier alpha value is -1.26. The summed E-state index contributed by atoms with van der Waals surface area (Å²) in [6.45, 7) is 2.69. The molecule has 4 N–H and O–H groups in total. The molecule has 23 heavy (non-hydrogen) atoms. The first-order chi connectivity index (χ1) is 10.6. The average molecular weight is 336 g/mol. The molecule has 0 aromatic rings. The molecule has 0 spiro atoms. The summed E-state index contributed by atoms with van der Waals surface area (Å²) in [5.41, 5.74) is -1.45. The molecular formula is C14H24O9. The van der Waals surface area contributed by atoms with Crippen LogP contribution >= 0.6 is 0 Å². The number of carbonyl (C=O) groups is 2. The van der Waals surface area contributed by atoms with Crippen molar-refractivity contribution < 1.29 is 44.2 Å². The summed E-state index contributed by atoms with van der Waals surface area (Å²) in [4.78, 5) is 22.9. The third kappa shape index (κ3) is 4.85. The minimum atomic E-state index is -1.45. The third-order valence-corrected chi connectivity index (χ3v) is 3.77. The monoisotopic (exact) mass is 336 g/mol. The second-order valence-corrected chi connectivity index (χ2v) is 5.95. The molecule has 1 rings (SSSR count). The first kappa shape index (κ1) is 19.8. The molecule has 6 unspecified atom stereocenters. The highest BCUT2D eigenvalue weighted by Gasteiger charge is 2.43. The molecule has 0 radical (unpaired) electrons. The van der Waals surface area contributed by atoms with Crippen LogP contribution < -0.4 is 0 Å². The fourth-order valence-electron chi connectivity index (χ4n) is 2.04. The van der Waals surface area contributed by atoms with Gasteiger partial charge in [0, 0.05) is 6.92 Å². The van der Waals surface area contributed by atoms with Gasteiger partial charge in [0.2, 0.25) is 0 Å². The van der Waals surface area contributed by atoms with Crippen LogP contribution in [0.1, 0.15) is 20.8 Å². The van der Waals surface area contributed by atoms with Crippen LogP contribution in [0.2, 0.25) is 0 Å². The molecule has 0 aromatic carbocycles. The molecule has 6 atom stereocenters. The molecule has 0 aromatic heterocycles. The number of hydrogen-bond donors (Lipinski definition) is 4. The summed E-state index contributed by atoms with van der Waals surface area (Å²) < 4.78 is 15.0. The van der Waals surface area contributed by atoms with Crippen molar-refractivity contribution in [2.45, 2.75) is 51.3 Å². The van der Waals surface area contributed by atoms with Crippen LogP contribution in [0.5, 0.6) is 0 Å². The quantitative estimate of drug-likeness (QED) is 0.403. The molecule has 1 heterocycles. The van der Waals surface area contributed by atoms with E-state index >= 15 is 0 Å². The van der Waals surface area contributed by atoms with Gasteiger partial charge in [-0.05, 0) is 13.8 Å². The maximum atomic E-state index is 12.1. The molecule has 9 heteroatoms. The molecule has 0 saturated carbocycles. The number of carbonyl (C=O) groups excluding carboxylic acids is 2. The fourth-order valence-corrected chi connectivity index (χ4v) is 2.04. The lowest BCUT2D eigenvalue weighted by atomic mass is 9.93. The molecule has 0 aliphatic carbocycles. The lowest BCUT2D eigenvalue weighted by Crippen LogP contribution is -2.58. The van der Waals surface area contributed by atoms with E-state index < -0.39 is 54.5 Å². The van der Waals surface area contributed by atoms with Crippen molar-refractivity contribution in [3.63, 3.8) is 0 Å². The summed E-state index contributed by atoms with van der Waals surface area (Å²) in [7, 11) is 0. The van der Waals surface area contributed by atoms with Gasteiger partial charge < -0.3 is 34.6 Å². The second kappa shape index (κ2) is 8.02. The van der Waals surface area contributed by atoms with Crippen LogP contribution in [-0.2, 0) is 23.8 Å². The normalized spacial score (nSPS) is 33.6. The maximum Gasteiger partial charge on any atom is 0.317 e. The molecule has 1 saturated heterocycles. The van der Waals surface area contributed by atoms with Gasteiger partial charge in [-0.25, -0.2) is 0 Å². The Kier molecular flexibility index (Phi) is 6.90. The molecule has 1 fully saturated rings. The maximum absolute atomic E-state index is 12.1. The smallest absolute Gasteiger partial charge is 0.317 e. The van der Waals surface area contributed by atoms with Crippen LogP contribution in [0, 0.1) is 5.41 Å². The van der Waals surface area contributed by atoms with E-state index in [1.54, 1.807) is 0 Å². The van der Waals surface area contributed by atoms with E-state index in [0.717, 1.165) is 0 Å². The van der Waals surface area contributed by atoms with E-state index in [0.29, 0.717) is 0 Å². The first-order valence-corrected chi connectivity index (χ1v) is 7.23. The highest BCUT2D eigenvalue weighted by atomic mass is 16.6. The van der Waals surface area contributed by atoms with Crippen molar-refractivity contribution >= 4 is 11.9 Å². The van der Waals surface area contributed by atoms with Gasteiger partial charge in [-0.3, -0.25) is 9.59 Å². The van der Waals surface area contributed by atoms with Crippen LogP contribution in [0.4, 0.5) is 0 Å². The topological polar surface area (TPSA) is 143 Å². The van der Waals surface area contributed by atoms with Crippen molar-refractivity contribution in [2.75, 3.05) is 19.8 Å². The Morgan fingerprint density at radius 1 is 1.13 bits per heavy atom. The SMILES string of the molecule is CC(=O)OCC(C)(CO)C(=O)OCC1OC(C)C(O)C(O)C1O. The zero-order valence-electron chi connectivity index (χ0n) is 13.3. The van der Waals surface area contributed by atoms with Gasteiger partial charge in [0.1, 0.15) is 43.0 Å². The van der Waals surface area contributed by atoms with Gasteiger partial charge in [-0.1, -0.05) is 0 Å². The Bertz CT molecular complexity index is 426. The largest absolute Gasteiger partial charge is 0.465 e. The molecule has 0 amide bonds. The fraction of sp³-hybridized carbons (Fsp3) is 0.857. The summed E-state index contributed by atoms with van der Waals surface area (Å²) >= 11 is 0. The van der Waals surface area contributed by atoms with Crippen molar-refractivity contribution in [2.24, 2.45) is 5.41 Å². The first-order valence-electron chi connectivity index (χ1n) is 7.23. The Morgan fingerprint density at radius 3 is 2.26 bits per heavy atom. The second-order valence-electron chi connectivity index (χ2n) is 5.95. The predicted molar refractivity (Wildman–Crippen MR) is 75.1 cm³/mol. The summed E-state index contributed by atoms with van der Waals surface area (Å²) in [5.74, 6) is -1.44. The van der Waals surface area contributed by atoms with Crippen molar-refractivity contribution in [1.29, 1.82) is 0 Å². The Labute approximate surface area is 133 Å². The highest BCUT2D eigenvalue weighted by Crippen LogP contribution is 2.23. The van der Waals surface area contributed by atoms with Crippen molar-refractivity contribution in [1.82, 2.24) is 0 Å². The van der Waals surface area contributed by atoms with Crippen molar-refractivity contribution in [3.8, 4) is 0 Å². The van der Waals surface area contributed by atoms with E-state index in [-0.39, 0.29) is 13.2 Å². The molecule has 0 bridgehead atoms. The van der Waals surface area contributed by atoms with Gasteiger partial charge in [0.05, 0.1) is 12.7 Å². The van der Waals surface area contributed by atoms with Crippen molar-refractivity contribution in [3.05, 3.63) is 0 Å². The summed E-state index contributed by atoms with van der Waals surface area (Å²) in [6.07, 6.45) is -5.87. The number of aliphatic hydroxyl groups excluding tert-OH is 4. The zero-order chi connectivity index (χ0) is 17.8. The summed E-state index contributed by atoms with van der Waals surface area (Å²) in [6, 6.07) is 0. The van der Waals surface area contributed by atoms with Crippen LogP contribution in [0.25, 0.3) is 0 Å². The van der Waals surface area contributed by atoms with E-state index in [1.807, 2.05) is 0 Å². The van der Waals surface area contributed by atoms with E-state index in [1.165, 1.54) is 20.8 Å². The van der Waals surface area contributed by atoms with Gasteiger partial charge in [0.25, 0.3) is 0 Å². The molecule has 9 nitrogen and oxygen atoms in total. The standard InChI is InChI=1S/C14H24O9/c1-7-10(17)12(19)11(18)9(23-7)4-21-13(20)14(3,5-15)6-22-8(2)16/h7,9-12,15,17-19H,4-6H2,1-3H3. The minimum absolute atomic E-state index is 0.358. The van der Waals surface area contributed by atoms with Gasteiger partial charge >= 0.3 is 11.9 Å². The zero-order valence-corrected chi connectivity index (χ0v) is 13.3. The van der Waals surface area contributed by atoms with Crippen LogP contribution in [0.15, 0.2) is 0 Å². The van der Waals surface area contributed by atoms with Crippen LogP contribution in [-0.4, -0.2) is 82.7 Å². The van der Waals surface area contributed by atoms with E-state index in [2.05, 4.69) is 0 Å². The highest BCUT2D eigenvalue weighted by molar-refractivity contribution is 5.77. The number of rotatable bonds is 6. The van der Waals surface area contributed by atoms with Gasteiger partial charge in [-0.2, -0.15) is 0 Å². The lowest BCUT2D eigenvalue weighted by molar-refractivity contribution is -0.229.